The van der Waals surface area contributed by atoms with Gasteiger partial charge in [-0.2, -0.15) is 0 Å². The summed E-state index contributed by atoms with van der Waals surface area (Å²) in [6, 6.07) is 3.47. The third kappa shape index (κ3) is 3.65. The molecule has 3 fully saturated rings. The van der Waals surface area contributed by atoms with Crippen molar-refractivity contribution in [2.24, 2.45) is 11.1 Å². The van der Waals surface area contributed by atoms with Crippen molar-refractivity contribution in [3.05, 3.63) is 29.7 Å². The lowest BCUT2D eigenvalue weighted by molar-refractivity contribution is -0.0609. The van der Waals surface area contributed by atoms with Gasteiger partial charge in [-0.25, -0.2) is 9.37 Å². The van der Waals surface area contributed by atoms with E-state index >= 15 is 0 Å². The number of aliphatic hydroxyl groups is 1. The van der Waals surface area contributed by atoms with Gasteiger partial charge in [-0.05, 0) is 50.0 Å². The molecule has 0 aliphatic heterocycles. The lowest BCUT2D eigenvalue weighted by atomic mass is 9.55. The smallest absolute Gasteiger partial charge is 0.213 e. The Kier molecular flexibility index (Phi) is 5.68. The topological polar surface area (TPSA) is 81.3 Å². The summed E-state index contributed by atoms with van der Waals surface area (Å²) in [5.41, 5.74) is 7.65. The van der Waals surface area contributed by atoms with Crippen LogP contribution in [0.15, 0.2) is 18.3 Å². The van der Waals surface area contributed by atoms with Crippen LogP contribution in [0, 0.1) is 11.2 Å². The number of nitrogens with two attached hydrogens (primary N) is 1. The molecule has 27 heavy (non-hydrogen) atoms. The molecular formula is C21H30FN3O2. The van der Waals surface area contributed by atoms with E-state index in [9.17, 15) is 9.50 Å². The summed E-state index contributed by atoms with van der Waals surface area (Å²) in [5, 5.41) is 11.0. The van der Waals surface area contributed by atoms with Crippen LogP contribution in [-0.4, -0.2) is 33.8 Å². The Hall–Kier alpha value is -1.79. The molecule has 148 valence electrons. The summed E-state index contributed by atoms with van der Waals surface area (Å²) in [4.78, 5) is 8.47. The molecule has 2 aromatic heterocycles. The fraction of sp³-hybridized carbons (Fsp3) is 0.619. The van der Waals surface area contributed by atoms with Crippen molar-refractivity contribution in [1.82, 2.24) is 9.97 Å². The van der Waals surface area contributed by atoms with Crippen LogP contribution >= 0.6 is 0 Å². The summed E-state index contributed by atoms with van der Waals surface area (Å²) in [6.45, 7) is 4.00. The molecule has 3 saturated carbocycles. The fourth-order valence-electron chi connectivity index (χ4n) is 4.54. The van der Waals surface area contributed by atoms with Gasteiger partial charge in [0.1, 0.15) is 5.82 Å². The van der Waals surface area contributed by atoms with Crippen LogP contribution in [0.4, 0.5) is 4.39 Å². The maximum atomic E-state index is 14.5. The van der Waals surface area contributed by atoms with Gasteiger partial charge in [0.2, 0.25) is 5.88 Å². The molecule has 3 N–H and O–H groups in total. The first-order valence-electron chi connectivity index (χ1n) is 9.90. The first-order chi connectivity index (χ1) is 12.9. The van der Waals surface area contributed by atoms with Gasteiger partial charge >= 0.3 is 0 Å². The molecular weight excluding hydrogens is 345 g/mol. The van der Waals surface area contributed by atoms with Crippen molar-refractivity contribution in [2.45, 2.75) is 70.4 Å². The van der Waals surface area contributed by atoms with Crippen LogP contribution in [-0.2, 0) is 6.42 Å². The molecule has 5 rings (SSSR count). The minimum atomic E-state index is -0.606. The normalized spacial score (nSPS) is 27.8. The van der Waals surface area contributed by atoms with Crippen molar-refractivity contribution < 1.29 is 14.2 Å². The number of pyridine rings is 2. The molecule has 3 aliphatic carbocycles. The standard InChI is InChI=1S/C19H24FN3O2.C2H6/c1-25-16-3-2-14-17(23-16)12(13(20)11-22-14)10-15(24)18-4-7-19(21,8-5-18)9-6-18;1-2/h2-3,11,15,24H,4-10,21H2,1H3;1-2H3. The first kappa shape index (κ1) is 20.0. The molecule has 0 saturated heterocycles. The van der Waals surface area contributed by atoms with Crippen molar-refractivity contribution in [1.29, 1.82) is 0 Å². The zero-order valence-corrected chi connectivity index (χ0v) is 16.5. The predicted molar refractivity (Wildman–Crippen MR) is 104 cm³/mol. The molecule has 3 aliphatic rings. The Morgan fingerprint density at radius 2 is 1.81 bits per heavy atom. The van der Waals surface area contributed by atoms with Gasteiger partial charge in [0.15, 0.2) is 0 Å². The molecule has 0 spiro atoms. The highest BCUT2D eigenvalue weighted by atomic mass is 19.1. The highest BCUT2D eigenvalue weighted by Gasteiger charge is 2.50. The number of hydrogen-bond donors (Lipinski definition) is 2. The van der Waals surface area contributed by atoms with Gasteiger partial charge in [-0.15, -0.1) is 0 Å². The number of rotatable bonds is 4. The summed E-state index contributed by atoms with van der Waals surface area (Å²) < 4.78 is 19.7. The van der Waals surface area contributed by atoms with E-state index in [1.54, 1.807) is 12.1 Å². The first-order valence-corrected chi connectivity index (χ1v) is 9.90. The van der Waals surface area contributed by atoms with Crippen molar-refractivity contribution >= 4 is 11.0 Å². The number of nitrogens with zero attached hydrogens (tertiary/aromatic N) is 2. The van der Waals surface area contributed by atoms with Crippen LogP contribution in [0.3, 0.4) is 0 Å². The SMILES string of the molecule is CC.COc1ccc2ncc(F)c(CC(O)C34CCC(N)(CC3)CC4)c2n1. The maximum absolute atomic E-state index is 14.5. The highest BCUT2D eigenvalue weighted by Crippen LogP contribution is 2.53. The number of halogens is 1. The van der Waals surface area contributed by atoms with Crippen LogP contribution in [0.25, 0.3) is 11.0 Å². The minimum absolute atomic E-state index is 0.0506. The van der Waals surface area contributed by atoms with Crippen molar-refractivity contribution in [3.8, 4) is 5.88 Å². The summed E-state index contributed by atoms with van der Waals surface area (Å²) in [5.74, 6) is -0.0134. The van der Waals surface area contributed by atoms with Gasteiger partial charge in [-0.1, -0.05) is 13.8 Å². The summed E-state index contributed by atoms with van der Waals surface area (Å²) in [6.07, 6.45) is 6.39. The fourth-order valence-corrected chi connectivity index (χ4v) is 4.54. The quantitative estimate of drug-likeness (QED) is 0.850. The zero-order valence-electron chi connectivity index (χ0n) is 16.5. The van der Waals surface area contributed by atoms with Gasteiger partial charge < -0.3 is 15.6 Å². The van der Waals surface area contributed by atoms with E-state index in [1.807, 2.05) is 13.8 Å². The molecule has 2 bridgehead atoms. The van der Waals surface area contributed by atoms with E-state index in [0.717, 1.165) is 38.5 Å². The van der Waals surface area contributed by atoms with E-state index in [1.165, 1.54) is 13.3 Å². The number of aromatic nitrogens is 2. The number of ether oxygens (including phenoxy) is 1. The van der Waals surface area contributed by atoms with Crippen LogP contribution in [0.5, 0.6) is 5.88 Å². The molecule has 2 heterocycles. The third-order valence-corrected chi connectivity index (χ3v) is 6.42. The van der Waals surface area contributed by atoms with E-state index in [0.29, 0.717) is 22.5 Å². The molecule has 2 aromatic rings. The largest absolute Gasteiger partial charge is 0.481 e. The minimum Gasteiger partial charge on any atom is -0.481 e. The van der Waals surface area contributed by atoms with E-state index in [-0.39, 0.29) is 17.4 Å². The second-order valence-corrected chi connectivity index (χ2v) is 7.75. The second-order valence-electron chi connectivity index (χ2n) is 7.75. The summed E-state index contributed by atoms with van der Waals surface area (Å²) in [7, 11) is 1.53. The molecule has 0 aromatic carbocycles. The third-order valence-electron chi connectivity index (χ3n) is 6.42. The summed E-state index contributed by atoms with van der Waals surface area (Å²) >= 11 is 0. The van der Waals surface area contributed by atoms with Crippen molar-refractivity contribution in [3.63, 3.8) is 0 Å². The molecule has 6 heteroatoms. The van der Waals surface area contributed by atoms with Crippen molar-refractivity contribution in [2.75, 3.05) is 7.11 Å². The van der Waals surface area contributed by atoms with Gasteiger partial charge in [0.25, 0.3) is 0 Å². The molecule has 1 unspecified atom stereocenters. The maximum Gasteiger partial charge on any atom is 0.213 e. The lowest BCUT2D eigenvalue weighted by Crippen LogP contribution is -2.55. The molecule has 5 nitrogen and oxygen atoms in total. The lowest BCUT2D eigenvalue weighted by Gasteiger charge is -2.53. The average molecular weight is 375 g/mol. The monoisotopic (exact) mass is 375 g/mol. The number of methoxy groups -OCH3 is 1. The van der Waals surface area contributed by atoms with Gasteiger partial charge in [0.05, 0.1) is 30.4 Å². The number of fused-ring (bicyclic) bond motifs is 4. The predicted octanol–water partition coefficient (Wildman–Crippen LogP) is 3.76. The molecule has 0 radical (unpaired) electrons. The molecule has 0 amide bonds. The highest BCUT2D eigenvalue weighted by molar-refractivity contribution is 5.78. The van der Waals surface area contributed by atoms with Gasteiger partial charge in [-0.3, -0.25) is 4.98 Å². The van der Waals surface area contributed by atoms with E-state index in [2.05, 4.69) is 9.97 Å². The van der Waals surface area contributed by atoms with E-state index < -0.39 is 11.9 Å². The molecule has 1 atom stereocenters. The zero-order chi connectivity index (χ0) is 19.7. The Morgan fingerprint density at radius 1 is 1.19 bits per heavy atom. The number of aliphatic hydroxyl groups excluding tert-OH is 1. The van der Waals surface area contributed by atoms with Gasteiger partial charge in [0, 0.05) is 23.6 Å². The van der Waals surface area contributed by atoms with Crippen LogP contribution in [0.1, 0.15) is 57.9 Å². The Morgan fingerprint density at radius 3 is 2.41 bits per heavy atom. The Balaban J connectivity index is 0.00000102. The number of hydrogen-bond acceptors (Lipinski definition) is 5. The second kappa shape index (κ2) is 7.68. The van der Waals surface area contributed by atoms with Crippen LogP contribution in [0.2, 0.25) is 0 Å². The van der Waals surface area contributed by atoms with Crippen LogP contribution < -0.4 is 10.5 Å². The Labute approximate surface area is 160 Å². The average Bonchev–Trinajstić information content (AvgIpc) is 2.72. The Bertz CT molecular complexity index is 787. The van der Waals surface area contributed by atoms with E-state index in [4.69, 9.17) is 10.5 Å².